The van der Waals surface area contributed by atoms with Crippen molar-refractivity contribution in [3.8, 4) is 0 Å². The Bertz CT molecular complexity index is 601. The van der Waals surface area contributed by atoms with E-state index < -0.39 is 11.2 Å². The minimum absolute atomic E-state index is 0.244. The van der Waals surface area contributed by atoms with Crippen molar-refractivity contribution in [1.29, 1.82) is 0 Å². The van der Waals surface area contributed by atoms with Crippen LogP contribution in [0, 0.1) is 0 Å². The van der Waals surface area contributed by atoms with Crippen molar-refractivity contribution in [1.82, 2.24) is 21.3 Å². The first-order valence-electron chi connectivity index (χ1n) is 12.4. The molecule has 4 aliphatic rings. The molecule has 0 aromatic heterocycles. The highest BCUT2D eigenvalue weighted by atomic mass is 16.6. The largest absolute Gasteiger partial charge is 0.444 e. The Kier molecular flexibility index (Phi) is 7.97. The van der Waals surface area contributed by atoms with Gasteiger partial charge in [-0.1, -0.05) is 0 Å². The summed E-state index contributed by atoms with van der Waals surface area (Å²) in [4.78, 5) is 23.3. The zero-order valence-electron chi connectivity index (χ0n) is 20.8. The summed E-state index contributed by atoms with van der Waals surface area (Å²) in [7, 11) is 0. The molecule has 0 aromatic rings. The van der Waals surface area contributed by atoms with Crippen molar-refractivity contribution in [3.05, 3.63) is 0 Å². The second-order valence-electron chi connectivity index (χ2n) is 11.8. The summed E-state index contributed by atoms with van der Waals surface area (Å²) in [5, 5.41) is 13.0. The van der Waals surface area contributed by atoms with E-state index in [9.17, 15) is 9.59 Å². The number of amides is 2. The smallest absolute Gasteiger partial charge is 0.407 e. The molecule has 4 aliphatic heterocycles. The molecule has 184 valence electrons. The molecule has 0 saturated carbocycles. The number of hydrogen-bond donors (Lipinski definition) is 4. The number of rotatable bonds is 2. The van der Waals surface area contributed by atoms with Crippen LogP contribution in [0.5, 0.6) is 0 Å². The number of fused-ring (bicyclic) bond motifs is 4. The van der Waals surface area contributed by atoms with E-state index >= 15 is 0 Å². The monoisotopic (exact) mass is 452 g/mol. The van der Waals surface area contributed by atoms with Gasteiger partial charge in [0.05, 0.1) is 0 Å². The number of ether oxygens (including phenoxy) is 2. The van der Waals surface area contributed by atoms with Crippen LogP contribution in [0.4, 0.5) is 9.59 Å². The van der Waals surface area contributed by atoms with E-state index in [1.54, 1.807) is 0 Å². The first kappa shape index (κ1) is 25.1. The van der Waals surface area contributed by atoms with Gasteiger partial charge in [0.2, 0.25) is 0 Å². The molecule has 32 heavy (non-hydrogen) atoms. The maximum Gasteiger partial charge on any atom is 0.407 e. The SMILES string of the molecule is CC(C)(C)OC(=O)N[C@@H]1CC[C@@H]2CC[C@H]1N2.CC(C)(C)OC(=O)N[C@H]1CC[C@H]2CC[C@@H]1N2. The van der Waals surface area contributed by atoms with Gasteiger partial charge < -0.3 is 30.7 Å². The van der Waals surface area contributed by atoms with Crippen molar-refractivity contribution in [2.75, 3.05) is 0 Å². The van der Waals surface area contributed by atoms with Gasteiger partial charge in [0.15, 0.2) is 0 Å². The number of carbonyl (C=O) groups is 2. The molecule has 4 N–H and O–H groups in total. The molecular formula is C24H44N4O4. The molecule has 8 nitrogen and oxygen atoms in total. The molecule has 6 atom stereocenters. The average Bonchev–Trinajstić information content (AvgIpc) is 3.22. The Hall–Kier alpha value is -1.54. The van der Waals surface area contributed by atoms with E-state index in [0.717, 1.165) is 25.7 Å². The molecule has 4 fully saturated rings. The number of piperidine rings is 2. The van der Waals surface area contributed by atoms with Crippen LogP contribution in [0.15, 0.2) is 0 Å². The van der Waals surface area contributed by atoms with Gasteiger partial charge in [-0.3, -0.25) is 0 Å². The van der Waals surface area contributed by atoms with Gasteiger partial charge in [-0.2, -0.15) is 0 Å². The molecule has 4 saturated heterocycles. The molecule has 4 bridgehead atoms. The summed E-state index contributed by atoms with van der Waals surface area (Å²) in [6.07, 6.45) is 8.73. The second-order valence-corrected chi connectivity index (χ2v) is 11.8. The zero-order valence-corrected chi connectivity index (χ0v) is 20.8. The lowest BCUT2D eigenvalue weighted by molar-refractivity contribution is 0.0472. The fourth-order valence-corrected chi connectivity index (χ4v) is 5.22. The Morgan fingerprint density at radius 1 is 0.625 bits per heavy atom. The summed E-state index contributed by atoms with van der Waals surface area (Å²) < 4.78 is 10.5. The Balaban J connectivity index is 0.000000181. The Labute approximate surface area is 193 Å². The van der Waals surface area contributed by atoms with Crippen LogP contribution >= 0.6 is 0 Å². The highest BCUT2D eigenvalue weighted by Crippen LogP contribution is 2.28. The van der Waals surface area contributed by atoms with Gasteiger partial charge >= 0.3 is 12.2 Å². The fraction of sp³-hybridized carbons (Fsp3) is 0.917. The summed E-state index contributed by atoms with van der Waals surface area (Å²) in [5.41, 5.74) is -0.825. The molecule has 8 heteroatoms. The predicted octanol–water partition coefficient (Wildman–Crippen LogP) is 3.59. The number of hydrogen-bond acceptors (Lipinski definition) is 6. The molecule has 4 heterocycles. The zero-order chi connectivity index (χ0) is 23.5. The minimum Gasteiger partial charge on any atom is -0.444 e. The quantitative estimate of drug-likeness (QED) is 0.511. The topological polar surface area (TPSA) is 101 Å². The Morgan fingerprint density at radius 2 is 0.969 bits per heavy atom. The lowest BCUT2D eigenvalue weighted by atomic mass is 10.0. The molecular weight excluding hydrogens is 408 g/mol. The van der Waals surface area contributed by atoms with Gasteiger partial charge in [-0.15, -0.1) is 0 Å². The third-order valence-electron chi connectivity index (χ3n) is 6.58. The van der Waals surface area contributed by atoms with Crippen molar-refractivity contribution in [3.63, 3.8) is 0 Å². The van der Waals surface area contributed by atoms with Crippen molar-refractivity contribution >= 4 is 12.2 Å². The summed E-state index contributed by atoms with van der Waals surface area (Å²) in [6.45, 7) is 11.3. The lowest BCUT2D eigenvalue weighted by Gasteiger charge is -2.31. The van der Waals surface area contributed by atoms with Crippen molar-refractivity contribution < 1.29 is 19.1 Å². The van der Waals surface area contributed by atoms with Crippen LogP contribution in [0.1, 0.15) is 92.9 Å². The van der Waals surface area contributed by atoms with Crippen molar-refractivity contribution in [2.45, 2.75) is 140 Å². The van der Waals surface area contributed by atoms with Crippen LogP contribution in [0.2, 0.25) is 0 Å². The third kappa shape index (κ3) is 7.80. The van der Waals surface area contributed by atoms with Crippen LogP contribution in [-0.2, 0) is 9.47 Å². The predicted molar refractivity (Wildman–Crippen MR) is 125 cm³/mol. The van der Waals surface area contributed by atoms with E-state index in [1.165, 1.54) is 25.7 Å². The maximum absolute atomic E-state index is 11.6. The van der Waals surface area contributed by atoms with Crippen LogP contribution < -0.4 is 21.3 Å². The second kappa shape index (κ2) is 10.2. The number of nitrogens with one attached hydrogen (secondary N) is 4. The highest BCUT2D eigenvalue weighted by Gasteiger charge is 2.37. The van der Waals surface area contributed by atoms with E-state index in [2.05, 4.69) is 21.3 Å². The Morgan fingerprint density at radius 3 is 1.31 bits per heavy atom. The van der Waals surface area contributed by atoms with Gasteiger partial charge in [-0.25, -0.2) is 9.59 Å². The summed E-state index contributed by atoms with van der Waals surface area (Å²) in [6, 6.07) is 2.75. The van der Waals surface area contributed by atoms with Gasteiger partial charge in [-0.05, 0) is 92.9 Å². The molecule has 0 aliphatic carbocycles. The summed E-state index contributed by atoms with van der Waals surface area (Å²) in [5.74, 6) is 0. The first-order chi connectivity index (χ1) is 14.9. The lowest BCUT2D eigenvalue weighted by Crippen LogP contribution is -2.53. The normalized spacial score (nSPS) is 33.6. The number of carbonyl (C=O) groups excluding carboxylic acids is 2. The van der Waals surface area contributed by atoms with Crippen molar-refractivity contribution in [2.24, 2.45) is 0 Å². The standard InChI is InChI=1S/2C12H22N2O2/c2*1-12(2,3)16-11(15)14-10-7-5-8-4-6-9(10)13-8/h2*8-10,13H,4-7H2,1-3H3,(H,14,15)/t2*8-,9+,10+/m10/s1. The summed E-state index contributed by atoms with van der Waals surface area (Å²) >= 11 is 0. The molecule has 2 amide bonds. The van der Waals surface area contributed by atoms with E-state index in [0.29, 0.717) is 24.2 Å². The fourth-order valence-electron chi connectivity index (χ4n) is 5.22. The van der Waals surface area contributed by atoms with Crippen LogP contribution in [0.3, 0.4) is 0 Å². The van der Waals surface area contributed by atoms with E-state index in [-0.39, 0.29) is 24.3 Å². The maximum atomic E-state index is 11.6. The van der Waals surface area contributed by atoms with Gasteiger partial charge in [0, 0.05) is 36.3 Å². The number of alkyl carbamates (subject to hydrolysis) is 2. The molecule has 0 spiro atoms. The molecule has 0 radical (unpaired) electrons. The van der Waals surface area contributed by atoms with Gasteiger partial charge in [0.25, 0.3) is 0 Å². The third-order valence-corrected chi connectivity index (χ3v) is 6.58. The van der Waals surface area contributed by atoms with Crippen LogP contribution in [-0.4, -0.2) is 59.6 Å². The van der Waals surface area contributed by atoms with E-state index in [1.807, 2.05) is 41.5 Å². The molecule has 0 unspecified atom stereocenters. The minimum atomic E-state index is -0.412. The van der Waals surface area contributed by atoms with E-state index in [4.69, 9.17) is 9.47 Å². The average molecular weight is 453 g/mol. The van der Waals surface area contributed by atoms with Crippen LogP contribution in [0.25, 0.3) is 0 Å². The molecule has 0 aromatic carbocycles. The highest BCUT2D eigenvalue weighted by molar-refractivity contribution is 5.68. The first-order valence-corrected chi connectivity index (χ1v) is 12.4. The molecule has 4 rings (SSSR count). The van der Waals surface area contributed by atoms with Gasteiger partial charge in [0.1, 0.15) is 11.2 Å².